The van der Waals surface area contributed by atoms with E-state index in [2.05, 4.69) is 54.8 Å². The van der Waals surface area contributed by atoms with E-state index in [-0.39, 0.29) is 0 Å². The van der Waals surface area contributed by atoms with Crippen molar-refractivity contribution in [1.82, 2.24) is 0 Å². The van der Waals surface area contributed by atoms with E-state index in [1.54, 1.807) is 5.57 Å². The molecule has 0 atom stereocenters. The van der Waals surface area contributed by atoms with E-state index in [0.29, 0.717) is 10.9 Å². The number of hydrogen-bond donors (Lipinski definition) is 0. The second kappa shape index (κ2) is 5.58. The van der Waals surface area contributed by atoms with Crippen molar-refractivity contribution in [2.45, 2.75) is 22.6 Å². The third-order valence-electron chi connectivity index (χ3n) is 4.39. The van der Waals surface area contributed by atoms with E-state index >= 15 is 0 Å². The van der Waals surface area contributed by atoms with Crippen molar-refractivity contribution in [3.8, 4) is 0 Å². The van der Waals surface area contributed by atoms with E-state index in [0.717, 1.165) is 0 Å². The Labute approximate surface area is 134 Å². The van der Waals surface area contributed by atoms with Gasteiger partial charge in [0.2, 0.25) is 0 Å². The van der Waals surface area contributed by atoms with Gasteiger partial charge in [0.05, 0.1) is 6.26 Å². The molecule has 0 aromatic heterocycles. The normalized spacial score (nSPS) is 20.9. The van der Waals surface area contributed by atoms with E-state index < -0.39 is 0 Å². The van der Waals surface area contributed by atoms with Gasteiger partial charge < -0.3 is 0 Å². The molecule has 2 heterocycles. The average molecular weight is 311 g/mol. The lowest BCUT2D eigenvalue weighted by Gasteiger charge is -2.26. The molecule has 106 valence electrons. The Kier molecular flexibility index (Phi) is 3.60. The zero-order valence-corrected chi connectivity index (χ0v) is 13.9. The Bertz CT molecular complexity index is 658. The van der Waals surface area contributed by atoms with Gasteiger partial charge in [0, 0.05) is 22.6 Å². The van der Waals surface area contributed by atoms with Crippen LogP contribution in [-0.2, 0) is 10.9 Å². The Morgan fingerprint density at radius 2 is 1.33 bits per heavy atom. The molecule has 2 aliphatic rings. The first kappa shape index (κ1) is 13.5. The lowest BCUT2D eigenvalue weighted by atomic mass is 9.90. The third kappa shape index (κ3) is 2.45. The number of hydrogen-bond acceptors (Lipinski definition) is 1. The van der Waals surface area contributed by atoms with Crippen LogP contribution in [-0.4, -0.2) is 17.8 Å². The van der Waals surface area contributed by atoms with Gasteiger partial charge in [-0.05, 0) is 39.7 Å². The Hall–Kier alpha value is -1.12. The summed E-state index contributed by atoms with van der Waals surface area (Å²) < 4.78 is 0. The van der Waals surface area contributed by atoms with Gasteiger partial charge in [-0.3, -0.25) is 0 Å². The van der Waals surface area contributed by atoms with Crippen LogP contribution in [0.25, 0.3) is 5.57 Å². The minimum Gasteiger partial charge on any atom is -0.0888 e. The van der Waals surface area contributed by atoms with Crippen molar-refractivity contribution in [2.24, 2.45) is 0 Å². The average Bonchev–Trinajstić information content (AvgIpc) is 2.53. The maximum atomic E-state index is 2.42. The summed E-state index contributed by atoms with van der Waals surface area (Å²) in [5, 5.41) is 0. The lowest BCUT2D eigenvalue weighted by Crippen LogP contribution is -2.18. The summed E-state index contributed by atoms with van der Waals surface area (Å²) >= 11 is 1.92. The molecule has 2 heteroatoms. The van der Waals surface area contributed by atoms with Crippen LogP contribution in [0, 0.1) is 0 Å². The predicted molar refractivity (Wildman–Crippen MR) is 95.3 cm³/mol. The number of allylic oxidation sites excluding steroid dienone is 1. The minimum absolute atomic E-state index is 0.630. The molecule has 21 heavy (non-hydrogen) atoms. The maximum absolute atomic E-state index is 2.42. The highest BCUT2D eigenvalue weighted by Crippen LogP contribution is 2.47. The molecule has 0 bridgehead atoms. The molecule has 1 saturated heterocycles. The molecule has 0 radical (unpaired) electrons. The molecule has 2 aliphatic heterocycles. The quantitative estimate of drug-likeness (QED) is 0.527. The lowest BCUT2D eigenvalue weighted by molar-refractivity contribution is 0.956. The number of rotatable bonds is 0. The molecule has 0 aliphatic carbocycles. The van der Waals surface area contributed by atoms with Crippen LogP contribution in [0.4, 0.5) is 0 Å². The van der Waals surface area contributed by atoms with Crippen molar-refractivity contribution in [2.75, 3.05) is 17.8 Å². The monoisotopic (exact) mass is 311 g/mol. The highest BCUT2D eigenvalue weighted by atomic mass is 32.2. The first-order valence-electron chi connectivity index (χ1n) is 7.51. The molecule has 2 aromatic carbocycles. The van der Waals surface area contributed by atoms with Crippen LogP contribution < -0.4 is 0 Å². The summed E-state index contributed by atoms with van der Waals surface area (Å²) in [5.74, 6) is 2.74. The summed E-state index contributed by atoms with van der Waals surface area (Å²) in [5.41, 5.74) is 6.13. The molecule has 0 spiro atoms. The largest absolute Gasteiger partial charge is 0.111 e. The van der Waals surface area contributed by atoms with Gasteiger partial charge in [-0.2, -0.15) is 0 Å². The first-order valence-corrected chi connectivity index (χ1v) is 10.3. The van der Waals surface area contributed by atoms with Gasteiger partial charge in [-0.15, -0.1) is 0 Å². The van der Waals surface area contributed by atoms with Gasteiger partial charge in [0.25, 0.3) is 0 Å². The molecule has 0 nitrogen and oxygen atoms in total. The van der Waals surface area contributed by atoms with Crippen molar-refractivity contribution in [1.29, 1.82) is 0 Å². The van der Waals surface area contributed by atoms with Crippen molar-refractivity contribution in [3.05, 3.63) is 65.2 Å². The summed E-state index contributed by atoms with van der Waals surface area (Å²) in [4.78, 5) is 2.83. The second-order valence-electron chi connectivity index (χ2n) is 5.76. The highest BCUT2D eigenvalue weighted by Gasteiger charge is 2.27. The van der Waals surface area contributed by atoms with Gasteiger partial charge in [-0.1, -0.05) is 53.7 Å². The zero-order chi connectivity index (χ0) is 14.2. The van der Waals surface area contributed by atoms with Crippen LogP contribution >= 0.6 is 11.8 Å². The summed E-state index contributed by atoms with van der Waals surface area (Å²) in [6.07, 6.45) is 4.98. The molecule has 0 amide bonds. The molecule has 0 N–H and O–H groups in total. The van der Waals surface area contributed by atoms with E-state index in [1.807, 2.05) is 11.8 Å². The second-order valence-corrected chi connectivity index (χ2v) is 9.23. The highest BCUT2D eigenvalue weighted by molar-refractivity contribution is 7.99. The van der Waals surface area contributed by atoms with E-state index in [9.17, 15) is 0 Å². The fourth-order valence-electron chi connectivity index (χ4n) is 3.24. The van der Waals surface area contributed by atoms with Crippen LogP contribution in [0.5, 0.6) is 0 Å². The van der Waals surface area contributed by atoms with Crippen LogP contribution in [0.3, 0.4) is 0 Å². The fourth-order valence-corrected chi connectivity index (χ4v) is 5.72. The Balaban J connectivity index is 1.92. The Morgan fingerprint density at radius 3 is 1.90 bits per heavy atom. The zero-order valence-electron chi connectivity index (χ0n) is 12.3. The van der Waals surface area contributed by atoms with Crippen LogP contribution in [0.1, 0.15) is 24.0 Å². The predicted octanol–water partition coefficient (Wildman–Crippen LogP) is 5.00. The molecule has 0 unspecified atom stereocenters. The first-order chi connectivity index (χ1) is 10.3. The molecule has 4 rings (SSSR count). The number of fused-ring (bicyclic) bond motifs is 2. The molecule has 2 aromatic rings. The summed E-state index contributed by atoms with van der Waals surface area (Å²) in [6.45, 7) is 0. The molecule has 0 saturated carbocycles. The SMILES string of the molecule is C[S+]1CCC(=C2c3ccccc3Sc3ccccc32)CC1. The number of benzene rings is 2. The molecular weight excluding hydrogens is 292 g/mol. The van der Waals surface area contributed by atoms with Crippen molar-refractivity contribution in [3.63, 3.8) is 0 Å². The minimum atomic E-state index is 0.630. The summed E-state index contributed by atoms with van der Waals surface area (Å²) in [7, 11) is 0.630. The fraction of sp³-hybridized carbons (Fsp3) is 0.263. The molecular formula is C19H19S2+. The van der Waals surface area contributed by atoms with Crippen LogP contribution in [0.15, 0.2) is 63.9 Å². The Morgan fingerprint density at radius 1 is 0.810 bits per heavy atom. The van der Waals surface area contributed by atoms with Gasteiger partial charge in [0.1, 0.15) is 11.5 Å². The van der Waals surface area contributed by atoms with Crippen molar-refractivity contribution >= 4 is 28.2 Å². The smallest absolute Gasteiger partial charge is 0.0888 e. The van der Waals surface area contributed by atoms with Crippen molar-refractivity contribution < 1.29 is 0 Å². The molecule has 1 fully saturated rings. The topological polar surface area (TPSA) is 0 Å². The third-order valence-corrected chi connectivity index (χ3v) is 7.34. The van der Waals surface area contributed by atoms with Gasteiger partial charge >= 0.3 is 0 Å². The van der Waals surface area contributed by atoms with Gasteiger partial charge in [0.15, 0.2) is 0 Å². The van der Waals surface area contributed by atoms with E-state index in [4.69, 9.17) is 0 Å². The standard InChI is InChI=1S/C19H19S2/c1-21-12-10-14(11-13-21)19-15-6-2-4-8-17(15)20-18-9-5-3-7-16(18)19/h2-9H,10-13H2,1H3/q+1. The van der Waals surface area contributed by atoms with Crippen LogP contribution in [0.2, 0.25) is 0 Å². The maximum Gasteiger partial charge on any atom is 0.111 e. The van der Waals surface area contributed by atoms with Gasteiger partial charge in [-0.25, -0.2) is 0 Å². The summed E-state index contributed by atoms with van der Waals surface area (Å²) in [6, 6.07) is 17.8. The van der Waals surface area contributed by atoms with E-state index in [1.165, 1.54) is 50.8 Å².